The summed E-state index contributed by atoms with van der Waals surface area (Å²) in [7, 11) is 0. The zero-order valence-electron chi connectivity index (χ0n) is 15.8. The number of aryl methyl sites for hydroxylation is 1. The van der Waals surface area contributed by atoms with Gasteiger partial charge in [-0.25, -0.2) is 4.98 Å². The number of aromatic nitrogens is 3. The summed E-state index contributed by atoms with van der Waals surface area (Å²) >= 11 is 8.48. The Labute approximate surface area is 184 Å². The van der Waals surface area contributed by atoms with Crippen LogP contribution in [0.5, 0.6) is 0 Å². The van der Waals surface area contributed by atoms with Crippen LogP contribution >= 0.6 is 34.7 Å². The average molecular weight is 458 g/mol. The average Bonchev–Trinajstić information content (AvgIpc) is 3.08. The second-order valence-electron chi connectivity index (χ2n) is 6.44. The second kappa shape index (κ2) is 8.47. The number of carbonyl (C=O) groups excluding carboxylic acids is 1. The standard InChI is InChI=1S/C20H16ClN5O2S2/c1-11-2-7-14-15(8-11)30-19(23-14)24-18(28)10-29-20-25-17(27)9-16(22)26(20)13-5-3-12(21)4-6-13/h2-9H,10,22H2,1H3,(H,23,24,28). The molecule has 0 atom stereocenters. The second-order valence-corrected chi connectivity index (χ2v) is 8.85. The molecule has 0 aliphatic carbocycles. The van der Waals surface area contributed by atoms with Gasteiger partial charge in [0.25, 0.3) is 5.56 Å². The molecule has 3 N–H and O–H groups in total. The van der Waals surface area contributed by atoms with Gasteiger partial charge in [0.05, 0.1) is 16.0 Å². The number of nitrogens with zero attached hydrogens (tertiary/aromatic N) is 3. The lowest BCUT2D eigenvalue weighted by atomic mass is 10.2. The number of amides is 1. The first-order valence-electron chi connectivity index (χ1n) is 8.84. The van der Waals surface area contributed by atoms with Gasteiger partial charge in [-0.2, -0.15) is 4.98 Å². The Bertz CT molecular complexity index is 1300. The SMILES string of the molecule is Cc1ccc2nc(NC(=O)CSc3nc(=O)cc(N)n3-c3ccc(Cl)cc3)sc2c1. The summed E-state index contributed by atoms with van der Waals surface area (Å²) in [5.41, 5.74) is 8.23. The van der Waals surface area contributed by atoms with Crippen LogP contribution < -0.4 is 16.6 Å². The first-order chi connectivity index (χ1) is 14.4. The summed E-state index contributed by atoms with van der Waals surface area (Å²) in [4.78, 5) is 32.8. The van der Waals surface area contributed by atoms with E-state index in [-0.39, 0.29) is 17.5 Å². The van der Waals surface area contributed by atoms with Crippen LogP contribution in [0.25, 0.3) is 15.9 Å². The summed E-state index contributed by atoms with van der Waals surface area (Å²) in [6.07, 6.45) is 0. The minimum Gasteiger partial charge on any atom is -0.385 e. The van der Waals surface area contributed by atoms with Crippen molar-refractivity contribution < 1.29 is 4.79 Å². The van der Waals surface area contributed by atoms with E-state index in [1.54, 1.807) is 28.8 Å². The maximum Gasteiger partial charge on any atom is 0.275 e. The van der Waals surface area contributed by atoms with Crippen LogP contribution in [0, 0.1) is 6.92 Å². The highest BCUT2D eigenvalue weighted by Crippen LogP contribution is 2.27. The van der Waals surface area contributed by atoms with Crippen molar-refractivity contribution in [3.63, 3.8) is 0 Å². The zero-order chi connectivity index (χ0) is 21.3. The molecule has 0 aliphatic heterocycles. The predicted molar refractivity (Wildman–Crippen MR) is 123 cm³/mol. The van der Waals surface area contributed by atoms with E-state index in [9.17, 15) is 9.59 Å². The Morgan fingerprint density at radius 2 is 1.97 bits per heavy atom. The van der Waals surface area contributed by atoms with Crippen LogP contribution in [0.3, 0.4) is 0 Å². The molecule has 4 aromatic rings. The van der Waals surface area contributed by atoms with Crippen LogP contribution in [0.15, 0.2) is 58.5 Å². The fourth-order valence-electron chi connectivity index (χ4n) is 2.80. The molecule has 4 rings (SSSR count). The predicted octanol–water partition coefficient (Wildman–Crippen LogP) is 4.12. The van der Waals surface area contributed by atoms with Gasteiger partial charge in [0.1, 0.15) is 5.82 Å². The number of nitrogens with two attached hydrogens (primary N) is 1. The van der Waals surface area contributed by atoms with Crippen molar-refractivity contribution in [2.75, 3.05) is 16.8 Å². The number of anilines is 2. The first-order valence-corrected chi connectivity index (χ1v) is 11.0. The van der Waals surface area contributed by atoms with Gasteiger partial charge in [0.15, 0.2) is 10.3 Å². The third kappa shape index (κ3) is 4.48. The number of carbonyl (C=O) groups is 1. The number of thiazole rings is 1. The van der Waals surface area contributed by atoms with Crippen molar-refractivity contribution in [2.45, 2.75) is 12.1 Å². The summed E-state index contributed by atoms with van der Waals surface area (Å²) in [5.74, 6) is 0.00945. The van der Waals surface area contributed by atoms with E-state index in [1.165, 1.54) is 17.4 Å². The number of hydrogen-bond donors (Lipinski definition) is 2. The molecule has 152 valence electrons. The molecule has 2 heterocycles. The lowest BCUT2D eigenvalue weighted by Gasteiger charge is -2.14. The molecule has 1 amide bonds. The van der Waals surface area contributed by atoms with Crippen molar-refractivity contribution >= 4 is 61.8 Å². The fourth-order valence-corrected chi connectivity index (χ4v) is 4.73. The number of thioether (sulfide) groups is 1. The molecule has 2 aromatic carbocycles. The van der Waals surface area contributed by atoms with E-state index in [4.69, 9.17) is 17.3 Å². The van der Waals surface area contributed by atoms with Crippen molar-refractivity contribution in [3.05, 3.63) is 69.5 Å². The molecule has 0 spiro atoms. The minimum absolute atomic E-state index is 0.0401. The number of nitrogen functional groups attached to an aromatic ring is 1. The summed E-state index contributed by atoms with van der Waals surface area (Å²) < 4.78 is 2.61. The largest absolute Gasteiger partial charge is 0.385 e. The molecule has 2 aromatic heterocycles. The molecule has 7 nitrogen and oxygen atoms in total. The summed E-state index contributed by atoms with van der Waals surface area (Å²) in [6.45, 7) is 2.01. The van der Waals surface area contributed by atoms with E-state index in [2.05, 4.69) is 15.3 Å². The van der Waals surface area contributed by atoms with Gasteiger partial charge >= 0.3 is 0 Å². The first kappa shape index (κ1) is 20.4. The van der Waals surface area contributed by atoms with Gasteiger partial charge in [-0.3, -0.25) is 14.2 Å². The maximum absolute atomic E-state index is 12.5. The van der Waals surface area contributed by atoms with E-state index in [1.807, 2.05) is 25.1 Å². The van der Waals surface area contributed by atoms with Crippen molar-refractivity contribution in [2.24, 2.45) is 0 Å². The molecular weight excluding hydrogens is 442 g/mol. The minimum atomic E-state index is -0.470. The highest BCUT2D eigenvalue weighted by Gasteiger charge is 2.14. The number of rotatable bonds is 5. The molecule has 0 fully saturated rings. The highest BCUT2D eigenvalue weighted by atomic mass is 35.5. The molecule has 0 radical (unpaired) electrons. The van der Waals surface area contributed by atoms with Gasteiger partial charge in [-0.15, -0.1) is 0 Å². The molecule has 0 aliphatic rings. The molecule has 0 saturated heterocycles. The Kier molecular flexibility index (Phi) is 5.76. The zero-order valence-corrected chi connectivity index (χ0v) is 18.1. The normalized spacial score (nSPS) is 11.0. The topological polar surface area (TPSA) is 103 Å². The third-order valence-electron chi connectivity index (χ3n) is 4.13. The van der Waals surface area contributed by atoms with Gasteiger partial charge < -0.3 is 11.1 Å². The molecule has 0 unspecified atom stereocenters. The van der Waals surface area contributed by atoms with Crippen LogP contribution in [0.4, 0.5) is 10.9 Å². The van der Waals surface area contributed by atoms with Crippen molar-refractivity contribution in [3.8, 4) is 5.69 Å². The Hall–Kier alpha value is -2.88. The number of benzene rings is 2. The van der Waals surface area contributed by atoms with E-state index < -0.39 is 5.56 Å². The van der Waals surface area contributed by atoms with E-state index in [0.29, 0.717) is 21.0 Å². The molecule has 0 bridgehead atoms. The van der Waals surface area contributed by atoms with Crippen LogP contribution in [-0.4, -0.2) is 26.2 Å². The number of hydrogen-bond acceptors (Lipinski definition) is 7. The van der Waals surface area contributed by atoms with Crippen molar-refractivity contribution in [1.82, 2.24) is 14.5 Å². The van der Waals surface area contributed by atoms with Gasteiger partial charge in [0, 0.05) is 16.8 Å². The number of nitrogens with one attached hydrogen (secondary N) is 1. The van der Waals surface area contributed by atoms with Gasteiger partial charge in [-0.1, -0.05) is 40.8 Å². The molecule has 30 heavy (non-hydrogen) atoms. The highest BCUT2D eigenvalue weighted by molar-refractivity contribution is 7.99. The third-order valence-corrected chi connectivity index (χ3v) is 6.26. The van der Waals surface area contributed by atoms with Crippen LogP contribution in [0.1, 0.15) is 5.56 Å². The molecule has 10 heteroatoms. The van der Waals surface area contributed by atoms with Crippen LogP contribution in [-0.2, 0) is 4.79 Å². The molecule has 0 saturated carbocycles. The fraction of sp³-hybridized carbons (Fsp3) is 0.100. The Morgan fingerprint density at radius 1 is 1.20 bits per heavy atom. The number of fused-ring (bicyclic) bond motifs is 1. The monoisotopic (exact) mass is 457 g/mol. The van der Waals surface area contributed by atoms with Crippen molar-refractivity contribution in [1.29, 1.82) is 0 Å². The maximum atomic E-state index is 12.5. The van der Waals surface area contributed by atoms with Crippen LogP contribution in [0.2, 0.25) is 5.02 Å². The Morgan fingerprint density at radius 3 is 2.73 bits per heavy atom. The van der Waals surface area contributed by atoms with E-state index in [0.717, 1.165) is 27.5 Å². The lowest BCUT2D eigenvalue weighted by molar-refractivity contribution is -0.113. The smallest absolute Gasteiger partial charge is 0.275 e. The number of halogens is 1. The quantitative estimate of drug-likeness (QED) is 0.345. The van der Waals surface area contributed by atoms with E-state index >= 15 is 0 Å². The van der Waals surface area contributed by atoms with Gasteiger partial charge in [0.2, 0.25) is 5.91 Å². The molecular formula is C20H16ClN5O2S2. The lowest BCUT2D eigenvalue weighted by Crippen LogP contribution is -2.19. The summed E-state index contributed by atoms with van der Waals surface area (Å²) in [6, 6.07) is 14.1. The summed E-state index contributed by atoms with van der Waals surface area (Å²) in [5, 5.41) is 4.22. The van der Waals surface area contributed by atoms with Gasteiger partial charge in [-0.05, 0) is 48.9 Å². The Balaban J connectivity index is 1.53.